The number of carbonyl (C=O) groups excluding carboxylic acids is 4. The molecular formula is C32H43N3O6. The van der Waals surface area contributed by atoms with Crippen LogP contribution in [0.15, 0.2) is 60.7 Å². The second kappa shape index (κ2) is 14.8. The number of alkyl carbamates (subject to hydrolysis) is 1. The van der Waals surface area contributed by atoms with Crippen molar-refractivity contribution in [2.45, 2.75) is 84.2 Å². The van der Waals surface area contributed by atoms with Crippen LogP contribution in [0.5, 0.6) is 0 Å². The molecular weight excluding hydrogens is 522 g/mol. The molecule has 41 heavy (non-hydrogen) atoms. The van der Waals surface area contributed by atoms with Gasteiger partial charge in [-0.05, 0) is 49.1 Å². The summed E-state index contributed by atoms with van der Waals surface area (Å²) in [6.07, 6.45) is 0.292. The van der Waals surface area contributed by atoms with Crippen LogP contribution in [0, 0.1) is 11.8 Å². The van der Waals surface area contributed by atoms with Gasteiger partial charge in [0.25, 0.3) is 0 Å². The highest BCUT2D eigenvalue weighted by Crippen LogP contribution is 2.29. The van der Waals surface area contributed by atoms with Gasteiger partial charge in [-0.15, -0.1) is 0 Å². The Morgan fingerprint density at radius 3 is 1.71 bits per heavy atom. The molecule has 1 fully saturated rings. The molecule has 3 N–H and O–H groups in total. The smallest absolute Gasteiger partial charge is 0.408 e. The van der Waals surface area contributed by atoms with E-state index in [1.54, 1.807) is 6.92 Å². The molecule has 9 nitrogen and oxygen atoms in total. The largest absolute Gasteiger partial charge is 0.445 e. The minimum Gasteiger partial charge on any atom is -0.445 e. The van der Waals surface area contributed by atoms with Gasteiger partial charge in [0.2, 0.25) is 11.8 Å². The molecule has 1 aliphatic rings. The highest BCUT2D eigenvalue weighted by Gasteiger charge is 2.50. The lowest BCUT2D eigenvalue weighted by atomic mass is 9.94. The lowest BCUT2D eigenvalue weighted by Gasteiger charge is -2.27. The summed E-state index contributed by atoms with van der Waals surface area (Å²) < 4.78 is 10.7. The van der Waals surface area contributed by atoms with Gasteiger partial charge in [-0.2, -0.15) is 0 Å². The molecule has 4 atom stereocenters. The topological polar surface area (TPSA) is 126 Å². The zero-order valence-electron chi connectivity index (χ0n) is 24.6. The number of Topliss-reactive ketones (excluding diaryl/α,β-unsaturated/α-hetero) is 1. The normalized spacial score (nSPS) is 18.2. The van der Waals surface area contributed by atoms with Crippen LogP contribution in [0.3, 0.4) is 0 Å². The van der Waals surface area contributed by atoms with Crippen molar-refractivity contribution in [1.29, 1.82) is 0 Å². The molecule has 0 unspecified atom stereocenters. The SMILES string of the molecule is CC(C)C[C@H](NC(=O)OCc1ccccc1)C(=O)N[C@H](CC(C)C)C(=O)N[C@@H](Cc1ccccc1)C(=O)[C@@]1(C)CO1. The van der Waals surface area contributed by atoms with Gasteiger partial charge in [0, 0.05) is 0 Å². The molecule has 9 heteroatoms. The molecule has 0 spiro atoms. The van der Waals surface area contributed by atoms with Gasteiger partial charge >= 0.3 is 6.09 Å². The van der Waals surface area contributed by atoms with E-state index in [1.165, 1.54) is 0 Å². The predicted octanol–water partition coefficient (Wildman–Crippen LogP) is 3.94. The first-order valence-corrected chi connectivity index (χ1v) is 14.3. The quantitative estimate of drug-likeness (QED) is 0.281. The second-order valence-corrected chi connectivity index (χ2v) is 11.7. The van der Waals surface area contributed by atoms with E-state index in [-0.39, 0.29) is 24.2 Å². The molecule has 0 bridgehead atoms. The van der Waals surface area contributed by atoms with Crippen molar-refractivity contribution in [3.05, 3.63) is 71.8 Å². The fourth-order valence-electron chi connectivity index (χ4n) is 4.54. The minimum absolute atomic E-state index is 0.0700. The Morgan fingerprint density at radius 2 is 1.22 bits per heavy atom. The predicted molar refractivity (Wildman–Crippen MR) is 156 cm³/mol. The Kier molecular flexibility index (Phi) is 11.5. The first-order valence-electron chi connectivity index (χ1n) is 14.3. The summed E-state index contributed by atoms with van der Waals surface area (Å²) in [5, 5.41) is 8.38. The fraction of sp³-hybridized carbons (Fsp3) is 0.500. The lowest BCUT2D eigenvalue weighted by Crippen LogP contribution is -2.57. The summed E-state index contributed by atoms with van der Waals surface area (Å²) >= 11 is 0. The Labute approximate surface area is 242 Å². The molecule has 0 aromatic heterocycles. The van der Waals surface area contributed by atoms with E-state index in [9.17, 15) is 19.2 Å². The summed E-state index contributed by atoms with van der Waals surface area (Å²) in [4.78, 5) is 52.8. The Balaban J connectivity index is 1.70. The number of epoxide rings is 1. The molecule has 1 saturated heterocycles. The van der Waals surface area contributed by atoms with Gasteiger partial charge in [0.05, 0.1) is 12.6 Å². The van der Waals surface area contributed by atoms with Crippen LogP contribution in [-0.4, -0.2) is 54.0 Å². The van der Waals surface area contributed by atoms with Crippen LogP contribution in [0.1, 0.15) is 58.6 Å². The van der Waals surface area contributed by atoms with Crippen LogP contribution in [0.4, 0.5) is 4.79 Å². The third-order valence-corrected chi connectivity index (χ3v) is 6.88. The first-order chi connectivity index (χ1) is 19.5. The van der Waals surface area contributed by atoms with Crippen molar-refractivity contribution in [2.75, 3.05) is 6.61 Å². The number of ketones is 1. The fourth-order valence-corrected chi connectivity index (χ4v) is 4.54. The van der Waals surface area contributed by atoms with Crippen molar-refractivity contribution in [3.8, 4) is 0 Å². The van der Waals surface area contributed by atoms with Gasteiger partial charge in [-0.1, -0.05) is 88.4 Å². The number of hydrogen-bond acceptors (Lipinski definition) is 6. The molecule has 1 heterocycles. The number of ether oxygens (including phenoxy) is 2. The molecule has 2 aromatic rings. The van der Waals surface area contributed by atoms with Crippen molar-refractivity contribution in [3.63, 3.8) is 0 Å². The summed E-state index contributed by atoms with van der Waals surface area (Å²) in [6, 6.07) is 16.1. The monoisotopic (exact) mass is 565 g/mol. The lowest BCUT2D eigenvalue weighted by molar-refractivity contribution is -0.133. The zero-order valence-corrected chi connectivity index (χ0v) is 24.6. The molecule has 0 radical (unpaired) electrons. The zero-order chi connectivity index (χ0) is 30.0. The van der Waals surface area contributed by atoms with E-state index in [0.29, 0.717) is 25.9 Å². The molecule has 3 rings (SSSR count). The van der Waals surface area contributed by atoms with Crippen LogP contribution in [0.25, 0.3) is 0 Å². The summed E-state index contributed by atoms with van der Waals surface area (Å²) in [6.45, 7) is 9.87. The molecule has 1 aliphatic heterocycles. The Hall–Kier alpha value is -3.72. The van der Waals surface area contributed by atoms with Crippen molar-refractivity contribution in [2.24, 2.45) is 11.8 Å². The molecule has 222 valence electrons. The standard InChI is InChI=1S/C32H43N3O6/c1-21(2)16-26(29(37)33-25(28(36)32(5)20-41-32)18-23-12-8-6-9-13-23)34-30(38)27(17-22(3)4)35-31(39)40-19-24-14-10-7-11-15-24/h6-15,21-22,25-27H,16-20H2,1-5H3,(H,33,37)(H,34,38)(H,35,39)/t25-,26+,27-,32+/m0/s1. The van der Waals surface area contributed by atoms with E-state index in [0.717, 1.165) is 11.1 Å². The van der Waals surface area contributed by atoms with Crippen molar-refractivity contribution >= 4 is 23.7 Å². The maximum absolute atomic E-state index is 13.6. The Bertz CT molecular complexity index is 1160. The molecule has 2 aromatic carbocycles. The number of nitrogens with one attached hydrogen (secondary N) is 3. The second-order valence-electron chi connectivity index (χ2n) is 11.7. The van der Waals surface area contributed by atoms with Gasteiger partial charge in [0.1, 0.15) is 24.3 Å². The number of hydrogen-bond donors (Lipinski definition) is 3. The summed E-state index contributed by atoms with van der Waals surface area (Å²) in [5.41, 5.74) is 0.803. The van der Waals surface area contributed by atoms with Gasteiger partial charge in [0.15, 0.2) is 5.78 Å². The van der Waals surface area contributed by atoms with E-state index in [4.69, 9.17) is 9.47 Å². The van der Waals surface area contributed by atoms with Gasteiger partial charge in [-0.25, -0.2) is 4.79 Å². The average Bonchev–Trinajstić information content (AvgIpc) is 3.69. The summed E-state index contributed by atoms with van der Waals surface area (Å²) in [5.74, 6) is -0.986. The highest BCUT2D eigenvalue weighted by molar-refractivity contribution is 5.98. The van der Waals surface area contributed by atoms with E-state index >= 15 is 0 Å². The van der Waals surface area contributed by atoms with Crippen LogP contribution >= 0.6 is 0 Å². The van der Waals surface area contributed by atoms with E-state index in [2.05, 4.69) is 16.0 Å². The Morgan fingerprint density at radius 1 is 0.756 bits per heavy atom. The molecule has 0 saturated carbocycles. The maximum Gasteiger partial charge on any atom is 0.408 e. The van der Waals surface area contributed by atoms with Gasteiger partial charge in [-0.3, -0.25) is 14.4 Å². The van der Waals surface area contributed by atoms with E-state index < -0.39 is 41.6 Å². The number of amides is 3. The maximum atomic E-state index is 13.6. The van der Waals surface area contributed by atoms with Crippen molar-refractivity contribution in [1.82, 2.24) is 16.0 Å². The van der Waals surface area contributed by atoms with E-state index in [1.807, 2.05) is 88.4 Å². The number of benzene rings is 2. The average molecular weight is 566 g/mol. The third kappa shape index (κ3) is 10.3. The van der Waals surface area contributed by atoms with Crippen molar-refractivity contribution < 1.29 is 28.7 Å². The third-order valence-electron chi connectivity index (χ3n) is 6.88. The van der Waals surface area contributed by atoms with Crippen LogP contribution in [0.2, 0.25) is 0 Å². The minimum atomic E-state index is -0.921. The number of carbonyl (C=O) groups is 4. The number of rotatable bonds is 15. The molecule has 0 aliphatic carbocycles. The van der Waals surface area contributed by atoms with Crippen LogP contribution in [-0.2, 0) is 36.9 Å². The van der Waals surface area contributed by atoms with Gasteiger partial charge < -0.3 is 25.4 Å². The van der Waals surface area contributed by atoms with Crippen LogP contribution < -0.4 is 16.0 Å². The first kappa shape index (κ1) is 31.8. The molecule has 3 amide bonds. The summed E-state index contributed by atoms with van der Waals surface area (Å²) in [7, 11) is 0. The highest BCUT2D eigenvalue weighted by atomic mass is 16.6.